The van der Waals surface area contributed by atoms with Gasteiger partial charge in [0.25, 0.3) is 0 Å². The molecule has 0 aromatic carbocycles. The predicted molar refractivity (Wildman–Crippen MR) is 75.5 cm³/mol. The fourth-order valence-corrected chi connectivity index (χ4v) is 4.30. The van der Waals surface area contributed by atoms with Gasteiger partial charge in [-0.15, -0.1) is 11.3 Å². The number of hydrogen-bond donors (Lipinski definition) is 1. The van der Waals surface area contributed by atoms with E-state index < -0.39 is 0 Å². The molecule has 0 saturated heterocycles. The largest absolute Gasteiger partial charge is 0.307 e. The summed E-state index contributed by atoms with van der Waals surface area (Å²) in [5, 5.41) is 6.86. The Labute approximate surface area is 107 Å². The van der Waals surface area contributed by atoms with E-state index in [1.807, 2.05) is 23.1 Å². The Hall–Kier alpha value is 0.0100. The van der Waals surface area contributed by atoms with Crippen LogP contribution in [-0.2, 0) is 0 Å². The first-order valence-corrected chi connectivity index (χ1v) is 8.20. The first-order chi connectivity index (χ1) is 7.70. The predicted octanol–water partition coefficient (Wildman–Crippen LogP) is 3.99. The minimum Gasteiger partial charge on any atom is -0.307 e. The summed E-state index contributed by atoms with van der Waals surface area (Å²) in [5.74, 6) is 0. The maximum absolute atomic E-state index is 3.78. The quantitative estimate of drug-likeness (QED) is 0.873. The van der Waals surface area contributed by atoms with E-state index in [9.17, 15) is 0 Å². The molecule has 1 aromatic rings. The van der Waals surface area contributed by atoms with Crippen molar-refractivity contribution < 1.29 is 0 Å². The second-order valence-corrected chi connectivity index (χ2v) is 6.81. The molecule has 3 unspecified atom stereocenters. The van der Waals surface area contributed by atoms with Crippen LogP contribution < -0.4 is 5.32 Å². The van der Waals surface area contributed by atoms with E-state index in [4.69, 9.17) is 0 Å². The minimum atomic E-state index is 0.519. The molecule has 90 valence electrons. The van der Waals surface area contributed by atoms with Gasteiger partial charge < -0.3 is 5.32 Å². The number of aryl methyl sites for hydroxylation is 1. The molecule has 0 spiro atoms. The maximum Gasteiger partial charge on any atom is 0.0390 e. The summed E-state index contributed by atoms with van der Waals surface area (Å²) < 4.78 is 0. The summed E-state index contributed by atoms with van der Waals surface area (Å²) in [7, 11) is 0. The Kier molecular flexibility index (Phi) is 4.34. The van der Waals surface area contributed by atoms with Gasteiger partial charge in [-0.2, -0.15) is 11.8 Å². The summed E-state index contributed by atoms with van der Waals surface area (Å²) in [5.41, 5.74) is 1.43. The second-order valence-electron chi connectivity index (χ2n) is 4.72. The monoisotopic (exact) mass is 255 g/mol. The number of rotatable bonds is 4. The molecule has 1 N–H and O–H groups in total. The highest BCUT2D eigenvalue weighted by atomic mass is 32.2. The van der Waals surface area contributed by atoms with Crippen LogP contribution in [0.3, 0.4) is 0 Å². The van der Waals surface area contributed by atoms with Gasteiger partial charge in [-0.05, 0) is 56.4 Å². The average Bonchev–Trinajstić information content (AvgIpc) is 2.86. The molecule has 3 heteroatoms. The molecule has 0 radical (unpaired) electrons. The molecule has 1 nitrogen and oxygen atoms in total. The number of thioether (sulfide) groups is 1. The van der Waals surface area contributed by atoms with Crippen LogP contribution in [0.15, 0.2) is 11.4 Å². The lowest BCUT2D eigenvalue weighted by Crippen LogP contribution is -2.29. The molecular weight excluding hydrogens is 234 g/mol. The van der Waals surface area contributed by atoms with E-state index in [1.54, 1.807) is 0 Å². The lowest BCUT2D eigenvalue weighted by molar-refractivity contribution is 0.465. The number of thiophene rings is 1. The van der Waals surface area contributed by atoms with Crippen molar-refractivity contribution >= 4 is 23.1 Å². The lowest BCUT2D eigenvalue weighted by atomic mass is 10.1. The normalized spacial score (nSPS) is 27.2. The lowest BCUT2D eigenvalue weighted by Gasteiger charge is -2.19. The zero-order chi connectivity index (χ0) is 11.5. The minimum absolute atomic E-state index is 0.519. The molecule has 0 aliphatic heterocycles. The zero-order valence-corrected chi connectivity index (χ0v) is 12.0. The molecule has 1 aliphatic carbocycles. The van der Waals surface area contributed by atoms with Crippen LogP contribution in [0.2, 0.25) is 0 Å². The summed E-state index contributed by atoms with van der Waals surface area (Å²) >= 11 is 3.91. The fourth-order valence-electron chi connectivity index (χ4n) is 2.56. The zero-order valence-electron chi connectivity index (χ0n) is 10.3. The summed E-state index contributed by atoms with van der Waals surface area (Å²) in [6, 6.07) is 3.47. The molecule has 0 amide bonds. The smallest absolute Gasteiger partial charge is 0.0390 e. The third kappa shape index (κ3) is 2.82. The molecule has 1 aliphatic rings. The Morgan fingerprint density at radius 3 is 2.88 bits per heavy atom. The Balaban J connectivity index is 1.89. The third-order valence-electron chi connectivity index (χ3n) is 3.50. The van der Waals surface area contributed by atoms with Gasteiger partial charge in [-0.25, -0.2) is 0 Å². The Morgan fingerprint density at radius 1 is 1.50 bits per heavy atom. The van der Waals surface area contributed by atoms with E-state index in [0.29, 0.717) is 6.04 Å². The summed E-state index contributed by atoms with van der Waals surface area (Å²) in [6.07, 6.45) is 6.31. The molecule has 1 heterocycles. The van der Waals surface area contributed by atoms with Crippen LogP contribution in [0, 0.1) is 6.92 Å². The van der Waals surface area contributed by atoms with Crippen LogP contribution >= 0.6 is 23.1 Å². The molecule has 16 heavy (non-hydrogen) atoms. The van der Waals surface area contributed by atoms with Crippen molar-refractivity contribution in [2.75, 3.05) is 6.26 Å². The van der Waals surface area contributed by atoms with Gasteiger partial charge in [-0.1, -0.05) is 0 Å². The van der Waals surface area contributed by atoms with Crippen molar-refractivity contribution in [2.24, 2.45) is 0 Å². The van der Waals surface area contributed by atoms with Gasteiger partial charge in [0.15, 0.2) is 0 Å². The van der Waals surface area contributed by atoms with Crippen LogP contribution in [0.5, 0.6) is 0 Å². The Morgan fingerprint density at radius 2 is 2.31 bits per heavy atom. The standard InChI is InChI=1S/C13H21NS2/c1-9-6-7-16-13(9)10(2)14-11-4-5-12(8-11)15-3/h6-7,10-12,14H,4-5,8H2,1-3H3. The number of hydrogen-bond acceptors (Lipinski definition) is 3. The second kappa shape index (κ2) is 5.56. The molecule has 2 rings (SSSR count). The first kappa shape index (κ1) is 12.5. The molecular formula is C13H21NS2. The molecule has 1 saturated carbocycles. The summed E-state index contributed by atoms with van der Waals surface area (Å²) in [6.45, 7) is 4.51. The van der Waals surface area contributed by atoms with E-state index in [0.717, 1.165) is 11.3 Å². The maximum atomic E-state index is 3.78. The van der Waals surface area contributed by atoms with Gasteiger partial charge >= 0.3 is 0 Å². The van der Waals surface area contributed by atoms with Crippen molar-refractivity contribution in [3.63, 3.8) is 0 Å². The topological polar surface area (TPSA) is 12.0 Å². The molecule has 1 fully saturated rings. The van der Waals surface area contributed by atoms with Gasteiger partial charge in [0.2, 0.25) is 0 Å². The highest BCUT2D eigenvalue weighted by Crippen LogP contribution is 2.31. The first-order valence-electron chi connectivity index (χ1n) is 6.03. The SMILES string of the molecule is CSC1CCC(NC(C)c2sccc2C)C1. The van der Waals surface area contributed by atoms with Gasteiger partial charge in [0.05, 0.1) is 0 Å². The van der Waals surface area contributed by atoms with E-state index in [2.05, 4.69) is 36.9 Å². The van der Waals surface area contributed by atoms with E-state index in [-0.39, 0.29) is 0 Å². The van der Waals surface area contributed by atoms with Gasteiger partial charge in [0, 0.05) is 22.2 Å². The Bertz CT molecular complexity index is 334. The van der Waals surface area contributed by atoms with Crippen molar-refractivity contribution in [3.05, 3.63) is 21.9 Å². The van der Waals surface area contributed by atoms with Crippen LogP contribution in [0.25, 0.3) is 0 Å². The third-order valence-corrected chi connectivity index (χ3v) is 5.79. The van der Waals surface area contributed by atoms with Crippen molar-refractivity contribution in [3.8, 4) is 0 Å². The van der Waals surface area contributed by atoms with E-state index >= 15 is 0 Å². The van der Waals surface area contributed by atoms with Crippen LogP contribution in [-0.4, -0.2) is 17.5 Å². The molecule has 1 aromatic heterocycles. The highest BCUT2D eigenvalue weighted by Gasteiger charge is 2.25. The fraction of sp³-hybridized carbons (Fsp3) is 0.692. The van der Waals surface area contributed by atoms with Crippen molar-refractivity contribution in [1.82, 2.24) is 5.32 Å². The van der Waals surface area contributed by atoms with Gasteiger partial charge in [-0.3, -0.25) is 0 Å². The van der Waals surface area contributed by atoms with Crippen LogP contribution in [0.1, 0.15) is 42.7 Å². The van der Waals surface area contributed by atoms with Crippen LogP contribution in [0.4, 0.5) is 0 Å². The number of nitrogens with one attached hydrogen (secondary N) is 1. The highest BCUT2D eigenvalue weighted by molar-refractivity contribution is 7.99. The molecule has 0 bridgehead atoms. The summed E-state index contributed by atoms with van der Waals surface area (Å²) in [4.78, 5) is 1.51. The van der Waals surface area contributed by atoms with Crippen molar-refractivity contribution in [2.45, 2.75) is 50.4 Å². The van der Waals surface area contributed by atoms with Gasteiger partial charge in [0.1, 0.15) is 0 Å². The molecule has 3 atom stereocenters. The average molecular weight is 255 g/mol. The van der Waals surface area contributed by atoms with Crippen molar-refractivity contribution in [1.29, 1.82) is 0 Å². The van der Waals surface area contributed by atoms with E-state index in [1.165, 1.54) is 29.7 Å².